The van der Waals surface area contributed by atoms with Gasteiger partial charge in [-0.25, -0.2) is 4.79 Å². The van der Waals surface area contributed by atoms with Crippen LogP contribution in [0.3, 0.4) is 0 Å². The van der Waals surface area contributed by atoms with Gasteiger partial charge in [-0.1, -0.05) is 12.8 Å². The maximum absolute atomic E-state index is 12.5. The highest BCUT2D eigenvalue weighted by molar-refractivity contribution is 5.95. The van der Waals surface area contributed by atoms with Gasteiger partial charge in [-0.2, -0.15) is 5.10 Å². The van der Waals surface area contributed by atoms with E-state index in [1.165, 1.54) is 0 Å². The predicted octanol–water partition coefficient (Wildman–Crippen LogP) is 2.29. The molecule has 1 aromatic heterocycles. The van der Waals surface area contributed by atoms with Crippen LogP contribution >= 0.6 is 0 Å². The number of hydrogen-bond acceptors (Lipinski definition) is 4. The van der Waals surface area contributed by atoms with Gasteiger partial charge in [0, 0.05) is 18.8 Å². The molecule has 7 nitrogen and oxygen atoms in total. The van der Waals surface area contributed by atoms with E-state index < -0.39 is 11.7 Å². The van der Waals surface area contributed by atoms with Crippen LogP contribution in [0.1, 0.15) is 62.5 Å². The summed E-state index contributed by atoms with van der Waals surface area (Å²) in [6, 6.07) is -0.215. The summed E-state index contributed by atoms with van der Waals surface area (Å²) in [5.74, 6) is -0.150. The molecule has 2 rings (SSSR count). The summed E-state index contributed by atoms with van der Waals surface area (Å²) in [5, 5.41) is 10.1. The molecule has 0 bridgehead atoms. The van der Waals surface area contributed by atoms with Crippen LogP contribution in [0.4, 0.5) is 4.79 Å². The Morgan fingerprint density at radius 3 is 2.29 bits per heavy atom. The lowest BCUT2D eigenvalue weighted by atomic mass is 9.90. The third-order valence-electron chi connectivity index (χ3n) is 4.26. The first kappa shape index (κ1) is 18.3. The van der Waals surface area contributed by atoms with Crippen LogP contribution < -0.4 is 10.6 Å². The molecule has 24 heavy (non-hydrogen) atoms. The quantitative estimate of drug-likeness (QED) is 0.887. The number of aryl methyl sites for hydroxylation is 1. The first-order valence-electron chi connectivity index (χ1n) is 8.46. The average Bonchev–Trinajstić information content (AvgIpc) is 2.79. The van der Waals surface area contributed by atoms with E-state index in [4.69, 9.17) is 4.74 Å². The van der Waals surface area contributed by atoms with Crippen molar-refractivity contribution in [3.05, 3.63) is 17.5 Å². The van der Waals surface area contributed by atoms with Gasteiger partial charge in [0.05, 0.1) is 17.8 Å². The number of alkyl carbamates (subject to hydrolysis) is 1. The van der Waals surface area contributed by atoms with Crippen molar-refractivity contribution in [2.75, 3.05) is 0 Å². The van der Waals surface area contributed by atoms with Crippen molar-refractivity contribution in [1.29, 1.82) is 0 Å². The van der Waals surface area contributed by atoms with E-state index in [2.05, 4.69) is 15.7 Å². The summed E-state index contributed by atoms with van der Waals surface area (Å²) in [6.45, 7) is 7.35. The second-order valence-electron chi connectivity index (χ2n) is 7.38. The van der Waals surface area contributed by atoms with Gasteiger partial charge >= 0.3 is 6.09 Å². The molecule has 2 atom stereocenters. The topological polar surface area (TPSA) is 85.2 Å². The van der Waals surface area contributed by atoms with Gasteiger partial charge in [0.25, 0.3) is 5.91 Å². The third kappa shape index (κ3) is 4.72. The molecule has 1 aliphatic carbocycles. The maximum Gasteiger partial charge on any atom is 0.407 e. The molecular weight excluding hydrogens is 308 g/mol. The largest absolute Gasteiger partial charge is 0.444 e. The number of hydrogen-bond donors (Lipinski definition) is 2. The zero-order valence-corrected chi connectivity index (χ0v) is 15.2. The number of ether oxygens (including phenoxy) is 1. The lowest BCUT2D eigenvalue weighted by Crippen LogP contribution is -2.54. The highest BCUT2D eigenvalue weighted by Gasteiger charge is 2.30. The fourth-order valence-corrected chi connectivity index (χ4v) is 2.90. The molecule has 1 heterocycles. The van der Waals surface area contributed by atoms with Gasteiger partial charge in [-0.05, 0) is 40.5 Å². The van der Waals surface area contributed by atoms with E-state index >= 15 is 0 Å². The smallest absolute Gasteiger partial charge is 0.407 e. The minimum Gasteiger partial charge on any atom is -0.444 e. The summed E-state index contributed by atoms with van der Waals surface area (Å²) in [4.78, 5) is 24.5. The summed E-state index contributed by atoms with van der Waals surface area (Å²) in [5.41, 5.74) is 0.851. The molecular formula is C17H28N4O3. The highest BCUT2D eigenvalue weighted by Crippen LogP contribution is 2.20. The van der Waals surface area contributed by atoms with E-state index in [0.29, 0.717) is 5.56 Å². The van der Waals surface area contributed by atoms with E-state index in [1.807, 2.05) is 27.7 Å². The standard InChI is InChI=1S/C17H28N4O3/c1-11-12(10-18-21(11)5)15(22)19-13-8-6-7-9-14(13)20-16(23)24-17(2,3)4/h10,13-14H,6-9H2,1-5H3,(H,19,22)(H,20,23)/t13-,14+/m0/s1. The van der Waals surface area contributed by atoms with E-state index in [9.17, 15) is 9.59 Å². The van der Waals surface area contributed by atoms with E-state index in [1.54, 1.807) is 17.9 Å². The Morgan fingerprint density at radius 1 is 1.21 bits per heavy atom. The molecule has 1 aromatic rings. The number of carbonyl (C=O) groups is 2. The minimum absolute atomic E-state index is 0.0987. The Balaban J connectivity index is 2.00. The number of aromatic nitrogens is 2. The number of amides is 2. The van der Waals surface area contributed by atoms with Gasteiger partial charge < -0.3 is 15.4 Å². The first-order chi connectivity index (χ1) is 11.2. The third-order valence-corrected chi connectivity index (χ3v) is 4.26. The SMILES string of the molecule is Cc1c(C(=O)N[C@H]2CCCC[C@H]2NC(=O)OC(C)(C)C)cnn1C. The zero-order chi connectivity index (χ0) is 17.9. The Kier molecular flexibility index (Phi) is 5.51. The second-order valence-corrected chi connectivity index (χ2v) is 7.38. The molecule has 134 valence electrons. The number of carbonyl (C=O) groups excluding carboxylic acids is 2. The summed E-state index contributed by atoms with van der Waals surface area (Å²) >= 11 is 0. The summed E-state index contributed by atoms with van der Waals surface area (Å²) < 4.78 is 7.00. The molecule has 2 amide bonds. The van der Waals surface area contributed by atoms with Crippen LogP contribution in [0.25, 0.3) is 0 Å². The number of nitrogens with one attached hydrogen (secondary N) is 2. The molecule has 0 saturated heterocycles. The van der Waals surface area contributed by atoms with Gasteiger partial charge in [0.15, 0.2) is 0 Å². The minimum atomic E-state index is -0.537. The van der Waals surface area contributed by atoms with Crippen molar-refractivity contribution >= 4 is 12.0 Å². The van der Waals surface area contributed by atoms with E-state index in [0.717, 1.165) is 31.4 Å². The molecule has 0 spiro atoms. The van der Waals surface area contributed by atoms with Gasteiger partial charge in [-0.15, -0.1) is 0 Å². The van der Waals surface area contributed by atoms with Crippen molar-refractivity contribution in [1.82, 2.24) is 20.4 Å². The van der Waals surface area contributed by atoms with Crippen molar-refractivity contribution in [2.45, 2.75) is 71.1 Å². The second kappa shape index (κ2) is 7.23. The molecule has 1 fully saturated rings. The monoisotopic (exact) mass is 336 g/mol. The van der Waals surface area contributed by atoms with Crippen LogP contribution in [0.15, 0.2) is 6.20 Å². The first-order valence-corrected chi connectivity index (χ1v) is 8.46. The fraction of sp³-hybridized carbons (Fsp3) is 0.706. The average molecular weight is 336 g/mol. The Bertz CT molecular complexity index is 603. The van der Waals surface area contributed by atoms with Crippen molar-refractivity contribution < 1.29 is 14.3 Å². The Hall–Kier alpha value is -2.05. The highest BCUT2D eigenvalue weighted by atomic mass is 16.6. The van der Waals surface area contributed by atoms with Crippen LogP contribution in [0.5, 0.6) is 0 Å². The molecule has 1 aliphatic rings. The lowest BCUT2D eigenvalue weighted by molar-refractivity contribution is 0.0474. The van der Waals surface area contributed by atoms with Gasteiger partial charge in [0.1, 0.15) is 5.60 Å². The van der Waals surface area contributed by atoms with Crippen LogP contribution in [-0.4, -0.2) is 39.5 Å². The molecule has 0 aliphatic heterocycles. The molecule has 0 unspecified atom stereocenters. The summed E-state index contributed by atoms with van der Waals surface area (Å²) in [6.07, 6.45) is 4.86. The number of rotatable bonds is 3. The molecule has 2 N–H and O–H groups in total. The molecule has 1 saturated carbocycles. The van der Waals surface area contributed by atoms with Crippen LogP contribution in [0, 0.1) is 6.92 Å². The van der Waals surface area contributed by atoms with Crippen LogP contribution in [-0.2, 0) is 11.8 Å². The zero-order valence-electron chi connectivity index (χ0n) is 15.2. The van der Waals surface area contributed by atoms with Crippen LogP contribution in [0.2, 0.25) is 0 Å². The van der Waals surface area contributed by atoms with Crippen molar-refractivity contribution in [3.63, 3.8) is 0 Å². The Labute approximate surface area is 143 Å². The fourth-order valence-electron chi connectivity index (χ4n) is 2.90. The van der Waals surface area contributed by atoms with Crippen molar-refractivity contribution in [3.8, 4) is 0 Å². The molecule has 7 heteroatoms. The van der Waals surface area contributed by atoms with Gasteiger partial charge in [0.2, 0.25) is 0 Å². The van der Waals surface area contributed by atoms with Gasteiger partial charge in [-0.3, -0.25) is 9.48 Å². The predicted molar refractivity (Wildman–Crippen MR) is 90.8 cm³/mol. The molecule has 0 radical (unpaired) electrons. The lowest BCUT2D eigenvalue weighted by Gasteiger charge is -2.33. The van der Waals surface area contributed by atoms with Crippen molar-refractivity contribution in [2.24, 2.45) is 7.05 Å². The summed E-state index contributed by atoms with van der Waals surface area (Å²) in [7, 11) is 1.81. The number of nitrogens with zero attached hydrogens (tertiary/aromatic N) is 2. The normalized spacial score (nSPS) is 21.2. The molecule has 0 aromatic carbocycles. The Morgan fingerprint density at radius 2 is 1.79 bits per heavy atom. The van der Waals surface area contributed by atoms with E-state index in [-0.39, 0.29) is 18.0 Å². The maximum atomic E-state index is 12.5.